The molecule has 1 aromatic rings. The Bertz CT molecular complexity index is 199. The second kappa shape index (κ2) is 8.73. The standard InChI is InChI=1S/C5H8N2O.C3H6O2/c1-8-5-7-3-2-6-4-7;1-2-5-3-4/h2-4H,5H2,1H3;3H,2H2,1H3. The van der Waals surface area contributed by atoms with Crippen LogP contribution in [0.3, 0.4) is 0 Å². The number of imidazole rings is 1. The Morgan fingerprint density at radius 2 is 2.38 bits per heavy atom. The SMILES string of the molecule is CCOC=O.COCn1ccnc1. The highest BCUT2D eigenvalue weighted by Gasteiger charge is 1.81. The first-order chi connectivity index (χ1) is 6.35. The largest absolute Gasteiger partial charge is 0.468 e. The third-order valence-corrected chi connectivity index (χ3v) is 1.07. The monoisotopic (exact) mass is 186 g/mol. The third-order valence-electron chi connectivity index (χ3n) is 1.07. The van der Waals surface area contributed by atoms with Crippen LogP contribution in [-0.2, 0) is 21.0 Å². The number of rotatable bonds is 4. The van der Waals surface area contributed by atoms with Gasteiger partial charge in [-0.2, -0.15) is 0 Å². The summed E-state index contributed by atoms with van der Waals surface area (Å²) in [5, 5.41) is 0. The topological polar surface area (TPSA) is 53.4 Å². The number of hydrogen-bond donors (Lipinski definition) is 0. The molecule has 0 spiro atoms. The average molecular weight is 186 g/mol. The molecule has 0 aliphatic heterocycles. The first kappa shape index (κ1) is 11.6. The zero-order chi connectivity index (χ0) is 9.94. The van der Waals surface area contributed by atoms with E-state index in [0.29, 0.717) is 19.8 Å². The van der Waals surface area contributed by atoms with Gasteiger partial charge in [-0.1, -0.05) is 0 Å². The molecule has 1 rings (SSSR count). The molecular formula is C8H14N2O3. The number of methoxy groups -OCH3 is 1. The molecule has 5 heteroatoms. The van der Waals surface area contributed by atoms with Crippen molar-refractivity contribution in [1.82, 2.24) is 9.55 Å². The maximum Gasteiger partial charge on any atom is 0.293 e. The van der Waals surface area contributed by atoms with Crippen molar-refractivity contribution in [2.24, 2.45) is 0 Å². The van der Waals surface area contributed by atoms with Gasteiger partial charge in [-0.05, 0) is 6.92 Å². The number of carbonyl (C=O) groups excluding carboxylic acids is 1. The van der Waals surface area contributed by atoms with Crippen LogP contribution in [0.5, 0.6) is 0 Å². The van der Waals surface area contributed by atoms with Gasteiger partial charge in [0, 0.05) is 19.5 Å². The molecule has 0 saturated carbocycles. The van der Waals surface area contributed by atoms with E-state index in [1.165, 1.54) is 0 Å². The summed E-state index contributed by atoms with van der Waals surface area (Å²) in [5.74, 6) is 0. The van der Waals surface area contributed by atoms with Gasteiger partial charge in [0.2, 0.25) is 0 Å². The number of aromatic nitrogens is 2. The molecule has 0 bridgehead atoms. The zero-order valence-electron chi connectivity index (χ0n) is 7.84. The first-order valence-corrected chi connectivity index (χ1v) is 3.85. The second-order valence-corrected chi connectivity index (χ2v) is 2.05. The number of carbonyl (C=O) groups is 1. The molecule has 0 atom stereocenters. The fraction of sp³-hybridized carbons (Fsp3) is 0.500. The summed E-state index contributed by atoms with van der Waals surface area (Å²) in [6, 6.07) is 0. The van der Waals surface area contributed by atoms with Crippen LogP contribution in [0.15, 0.2) is 18.7 Å². The fourth-order valence-electron chi connectivity index (χ4n) is 0.580. The van der Waals surface area contributed by atoms with Crippen molar-refractivity contribution in [3.8, 4) is 0 Å². The smallest absolute Gasteiger partial charge is 0.293 e. The number of ether oxygens (including phenoxy) is 2. The predicted molar refractivity (Wildman–Crippen MR) is 46.9 cm³/mol. The molecule has 0 N–H and O–H groups in total. The predicted octanol–water partition coefficient (Wildman–Crippen LogP) is 0.666. The Hall–Kier alpha value is -1.36. The van der Waals surface area contributed by atoms with E-state index in [9.17, 15) is 4.79 Å². The van der Waals surface area contributed by atoms with E-state index in [4.69, 9.17) is 4.74 Å². The van der Waals surface area contributed by atoms with Crippen molar-refractivity contribution in [2.75, 3.05) is 13.7 Å². The van der Waals surface area contributed by atoms with Crippen molar-refractivity contribution < 1.29 is 14.3 Å². The van der Waals surface area contributed by atoms with Gasteiger partial charge in [-0.3, -0.25) is 4.79 Å². The van der Waals surface area contributed by atoms with Crippen molar-refractivity contribution in [1.29, 1.82) is 0 Å². The quantitative estimate of drug-likeness (QED) is 0.648. The van der Waals surface area contributed by atoms with Crippen LogP contribution < -0.4 is 0 Å². The van der Waals surface area contributed by atoms with E-state index in [1.54, 1.807) is 26.6 Å². The molecule has 0 radical (unpaired) electrons. The molecule has 0 aromatic carbocycles. The lowest BCUT2D eigenvalue weighted by Crippen LogP contribution is -1.94. The Morgan fingerprint density at radius 3 is 2.69 bits per heavy atom. The summed E-state index contributed by atoms with van der Waals surface area (Å²) >= 11 is 0. The van der Waals surface area contributed by atoms with Crippen LogP contribution in [0.1, 0.15) is 6.92 Å². The van der Waals surface area contributed by atoms with Gasteiger partial charge in [0.05, 0.1) is 12.9 Å². The summed E-state index contributed by atoms with van der Waals surface area (Å²) in [4.78, 5) is 13.0. The van der Waals surface area contributed by atoms with Crippen LogP contribution in [0.2, 0.25) is 0 Å². The Labute approximate surface area is 77.3 Å². The summed E-state index contributed by atoms with van der Waals surface area (Å²) in [6.45, 7) is 3.25. The zero-order valence-corrected chi connectivity index (χ0v) is 7.84. The highest BCUT2D eigenvalue weighted by atomic mass is 16.5. The maximum atomic E-state index is 9.18. The van der Waals surface area contributed by atoms with E-state index in [2.05, 4.69) is 9.72 Å². The lowest BCUT2D eigenvalue weighted by atomic mass is 10.9. The molecule has 0 unspecified atom stereocenters. The molecule has 0 aliphatic carbocycles. The second-order valence-electron chi connectivity index (χ2n) is 2.05. The molecule has 0 amide bonds. The van der Waals surface area contributed by atoms with Gasteiger partial charge in [-0.25, -0.2) is 4.98 Å². The van der Waals surface area contributed by atoms with Gasteiger partial charge in [-0.15, -0.1) is 0 Å². The van der Waals surface area contributed by atoms with Gasteiger partial charge in [0.25, 0.3) is 6.47 Å². The lowest BCUT2D eigenvalue weighted by molar-refractivity contribution is -0.128. The van der Waals surface area contributed by atoms with Crippen LogP contribution in [-0.4, -0.2) is 29.7 Å². The van der Waals surface area contributed by atoms with Crippen molar-refractivity contribution in [3.05, 3.63) is 18.7 Å². The Balaban J connectivity index is 0.000000252. The molecular weight excluding hydrogens is 172 g/mol. The lowest BCUT2D eigenvalue weighted by Gasteiger charge is -1.95. The van der Waals surface area contributed by atoms with Gasteiger partial charge in [0.1, 0.15) is 6.73 Å². The molecule has 0 fully saturated rings. The molecule has 5 nitrogen and oxygen atoms in total. The fourth-order valence-corrected chi connectivity index (χ4v) is 0.580. The first-order valence-electron chi connectivity index (χ1n) is 3.85. The molecule has 0 aliphatic rings. The highest BCUT2D eigenvalue weighted by molar-refractivity contribution is 5.36. The van der Waals surface area contributed by atoms with E-state index in [1.807, 2.05) is 10.8 Å². The van der Waals surface area contributed by atoms with E-state index in [0.717, 1.165) is 0 Å². The van der Waals surface area contributed by atoms with E-state index < -0.39 is 0 Å². The Morgan fingerprint density at radius 1 is 1.62 bits per heavy atom. The van der Waals surface area contributed by atoms with E-state index in [-0.39, 0.29) is 0 Å². The van der Waals surface area contributed by atoms with Gasteiger partial charge in [0.15, 0.2) is 0 Å². The van der Waals surface area contributed by atoms with Crippen LogP contribution >= 0.6 is 0 Å². The molecule has 1 aromatic heterocycles. The molecule has 74 valence electrons. The summed E-state index contributed by atoms with van der Waals surface area (Å²) < 4.78 is 10.8. The average Bonchev–Trinajstić information content (AvgIpc) is 2.60. The Kier molecular flexibility index (Phi) is 7.82. The molecule has 13 heavy (non-hydrogen) atoms. The molecule has 0 saturated heterocycles. The summed E-state index contributed by atoms with van der Waals surface area (Å²) in [5.41, 5.74) is 0. The maximum absolute atomic E-state index is 9.18. The van der Waals surface area contributed by atoms with Crippen molar-refractivity contribution >= 4 is 6.47 Å². The van der Waals surface area contributed by atoms with E-state index >= 15 is 0 Å². The minimum absolute atomic E-state index is 0.431. The third kappa shape index (κ3) is 7.02. The minimum atomic E-state index is 0.431. The summed E-state index contributed by atoms with van der Waals surface area (Å²) in [7, 11) is 1.65. The summed E-state index contributed by atoms with van der Waals surface area (Å²) in [6.07, 6.45) is 5.28. The normalized spacial score (nSPS) is 8.46. The van der Waals surface area contributed by atoms with Crippen LogP contribution in [0.4, 0.5) is 0 Å². The van der Waals surface area contributed by atoms with Crippen molar-refractivity contribution in [3.63, 3.8) is 0 Å². The van der Waals surface area contributed by atoms with Gasteiger partial charge < -0.3 is 14.0 Å². The number of nitrogens with zero attached hydrogens (tertiary/aromatic N) is 2. The molecule has 1 heterocycles. The minimum Gasteiger partial charge on any atom is -0.468 e. The van der Waals surface area contributed by atoms with Crippen LogP contribution in [0, 0.1) is 0 Å². The number of hydrogen-bond acceptors (Lipinski definition) is 4. The highest BCUT2D eigenvalue weighted by Crippen LogP contribution is 1.83. The van der Waals surface area contributed by atoms with Crippen molar-refractivity contribution in [2.45, 2.75) is 13.7 Å². The van der Waals surface area contributed by atoms with Crippen LogP contribution in [0.25, 0.3) is 0 Å². The van der Waals surface area contributed by atoms with Gasteiger partial charge >= 0.3 is 0 Å².